The molecule has 0 aliphatic carbocycles. The predicted octanol–water partition coefficient (Wildman–Crippen LogP) is 2.05. The molecule has 1 fully saturated rings. The second-order valence-corrected chi connectivity index (χ2v) is 5.81. The van der Waals surface area contributed by atoms with E-state index in [-0.39, 0.29) is 12.0 Å². The number of carboxylic acids is 1. The normalized spacial score (nSPS) is 21.7. The van der Waals surface area contributed by atoms with Crippen LogP contribution in [0.1, 0.15) is 46.0 Å². The number of rotatable bonds is 7. The molecule has 1 heterocycles. The Morgan fingerprint density at radius 3 is 2.33 bits per heavy atom. The van der Waals surface area contributed by atoms with E-state index >= 15 is 0 Å². The van der Waals surface area contributed by atoms with E-state index in [1.165, 1.54) is 12.8 Å². The van der Waals surface area contributed by atoms with Crippen LogP contribution in [0.3, 0.4) is 0 Å². The highest BCUT2D eigenvalue weighted by atomic mass is 16.4. The van der Waals surface area contributed by atoms with Crippen LogP contribution in [0, 0.1) is 0 Å². The van der Waals surface area contributed by atoms with Gasteiger partial charge in [-0.3, -0.25) is 9.69 Å². The Morgan fingerprint density at radius 1 is 1.22 bits per heavy atom. The van der Waals surface area contributed by atoms with Gasteiger partial charge in [-0.2, -0.15) is 0 Å². The number of aliphatic carboxylic acids is 1. The topological polar surface area (TPSA) is 43.8 Å². The van der Waals surface area contributed by atoms with Gasteiger partial charge in [-0.25, -0.2) is 0 Å². The fourth-order valence-corrected chi connectivity index (χ4v) is 2.79. The molecule has 0 bridgehead atoms. The Hall–Kier alpha value is -0.610. The molecule has 1 saturated heterocycles. The van der Waals surface area contributed by atoms with Crippen molar-refractivity contribution >= 4 is 5.97 Å². The van der Waals surface area contributed by atoms with Gasteiger partial charge in [0.2, 0.25) is 0 Å². The molecule has 1 aliphatic heterocycles. The highest BCUT2D eigenvalue weighted by molar-refractivity contribution is 5.68. The summed E-state index contributed by atoms with van der Waals surface area (Å²) in [5.41, 5.74) is -0.164. The second kappa shape index (κ2) is 7.10. The molecule has 1 N–H and O–H groups in total. The summed E-state index contributed by atoms with van der Waals surface area (Å²) in [6, 6.07) is 0. The molecule has 106 valence electrons. The highest BCUT2D eigenvalue weighted by Crippen LogP contribution is 2.27. The zero-order valence-electron chi connectivity index (χ0n) is 12.1. The molecule has 0 aromatic heterocycles. The van der Waals surface area contributed by atoms with Gasteiger partial charge in [-0.15, -0.1) is 0 Å². The summed E-state index contributed by atoms with van der Waals surface area (Å²) >= 11 is 0. The predicted molar refractivity (Wildman–Crippen MR) is 73.9 cm³/mol. The standard InChI is InChI=1S/C14H28N2O2/c1-4-5-6-7-14(2,12-13(17)18)16-10-8-15(3)9-11-16/h4-12H2,1-3H3,(H,17,18). The molecule has 0 spiro atoms. The summed E-state index contributed by atoms with van der Waals surface area (Å²) in [7, 11) is 2.13. The number of carbonyl (C=O) groups is 1. The quantitative estimate of drug-likeness (QED) is 0.708. The number of likely N-dealkylation sites (N-methyl/N-ethyl adjacent to an activating group) is 1. The number of unbranched alkanes of at least 4 members (excludes halogenated alkanes) is 2. The molecule has 18 heavy (non-hydrogen) atoms. The van der Waals surface area contributed by atoms with Crippen molar-refractivity contribution in [2.45, 2.75) is 51.5 Å². The van der Waals surface area contributed by atoms with Crippen LogP contribution in [0.2, 0.25) is 0 Å². The molecule has 1 atom stereocenters. The Balaban J connectivity index is 2.60. The minimum absolute atomic E-state index is 0.164. The summed E-state index contributed by atoms with van der Waals surface area (Å²) in [6.45, 7) is 8.39. The minimum Gasteiger partial charge on any atom is -0.481 e. The van der Waals surface area contributed by atoms with Crippen molar-refractivity contribution in [2.75, 3.05) is 33.2 Å². The maximum absolute atomic E-state index is 11.1. The van der Waals surface area contributed by atoms with Crippen molar-refractivity contribution in [2.24, 2.45) is 0 Å². The SMILES string of the molecule is CCCCCC(C)(CC(=O)O)N1CCN(C)CC1. The lowest BCUT2D eigenvalue weighted by Crippen LogP contribution is -2.55. The van der Waals surface area contributed by atoms with Gasteiger partial charge in [0.15, 0.2) is 0 Å². The van der Waals surface area contributed by atoms with Crippen molar-refractivity contribution in [3.05, 3.63) is 0 Å². The van der Waals surface area contributed by atoms with Crippen LogP contribution in [0.15, 0.2) is 0 Å². The lowest BCUT2D eigenvalue weighted by molar-refractivity contribution is -0.140. The van der Waals surface area contributed by atoms with Gasteiger partial charge >= 0.3 is 5.97 Å². The van der Waals surface area contributed by atoms with Crippen molar-refractivity contribution < 1.29 is 9.90 Å². The van der Waals surface area contributed by atoms with Crippen molar-refractivity contribution in [1.82, 2.24) is 9.80 Å². The third kappa shape index (κ3) is 4.58. The average molecular weight is 256 g/mol. The van der Waals surface area contributed by atoms with Crippen LogP contribution in [0.4, 0.5) is 0 Å². The summed E-state index contributed by atoms with van der Waals surface area (Å²) in [4.78, 5) is 15.8. The Morgan fingerprint density at radius 2 is 1.83 bits per heavy atom. The third-order valence-electron chi connectivity index (χ3n) is 4.12. The smallest absolute Gasteiger partial charge is 0.305 e. The summed E-state index contributed by atoms with van der Waals surface area (Å²) in [6.07, 6.45) is 4.78. The van der Waals surface area contributed by atoms with Crippen molar-refractivity contribution in [1.29, 1.82) is 0 Å². The van der Waals surface area contributed by atoms with Crippen molar-refractivity contribution in [3.63, 3.8) is 0 Å². The average Bonchev–Trinajstić information content (AvgIpc) is 2.29. The van der Waals surface area contributed by atoms with Crippen LogP contribution in [-0.2, 0) is 4.79 Å². The first-order valence-electron chi connectivity index (χ1n) is 7.13. The van der Waals surface area contributed by atoms with Crippen LogP contribution in [0.5, 0.6) is 0 Å². The van der Waals surface area contributed by atoms with E-state index in [1.807, 2.05) is 0 Å². The van der Waals surface area contributed by atoms with Crippen LogP contribution < -0.4 is 0 Å². The summed E-state index contributed by atoms with van der Waals surface area (Å²) in [5, 5.41) is 9.15. The molecule has 0 aromatic rings. The Labute approximate surface area is 111 Å². The lowest BCUT2D eigenvalue weighted by atomic mass is 9.88. The van der Waals surface area contributed by atoms with E-state index in [9.17, 15) is 4.79 Å². The molecule has 4 heteroatoms. The number of piperazine rings is 1. The third-order valence-corrected chi connectivity index (χ3v) is 4.12. The molecule has 0 amide bonds. The van der Waals surface area contributed by atoms with Gasteiger partial charge in [-0.05, 0) is 20.4 Å². The van der Waals surface area contributed by atoms with Gasteiger partial charge in [0.25, 0.3) is 0 Å². The lowest BCUT2D eigenvalue weighted by Gasteiger charge is -2.45. The summed E-state index contributed by atoms with van der Waals surface area (Å²) in [5.74, 6) is -0.673. The number of carboxylic acid groups (broad SMARTS) is 1. The first-order chi connectivity index (χ1) is 8.48. The molecule has 1 unspecified atom stereocenters. The van der Waals surface area contributed by atoms with Gasteiger partial charge in [-0.1, -0.05) is 26.2 Å². The van der Waals surface area contributed by atoms with E-state index in [0.29, 0.717) is 0 Å². The molecule has 0 aromatic carbocycles. The van der Waals surface area contributed by atoms with Crippen LogP contribution in [-0.4, -0.2) is 59.6 Å². The highest BCUT2D eigenvalue weighted by Gasteiger charge is 2.34. The molecule has 1 aliphatic rings. The second-order valence-electron chi connectivity index (χ2n) is 5.81. The Kier molecular flexibility index (Phi) is 6.09. The first kappa shape index (κ1) is 15.4. The minimum atomic E-state index is -0.673. The van der Waals surface area contributed by atoms with E-state index in [2.05, 4.69) is 30.7 Å². The molecule has 1 rings (SSSR count). The molecular weight excluding hydrogens is 228 g/mol. The number of hydrogen-bond acceptors (Lipinski definition) is 3. The van der Waals surface area contributed by atoms with Gasteiger partial charge in [0.05, 0.1) is 6.42 Å². The fourth-order valence-electron chi connectivity index (χ4n) is 2.79. The van der Waals surface area contributed by atoms with E-state index in [4.69, 9.17) is 5.11 Å². The maximum atomic E-state index is 11.1. The monoisotopic (exact) mass is 256 g/mol. The van der Waals surface area contributed by atoms with Gasteiger partial charge in [0, 0.05) is 31.7 Å². The van der Waals surface area contributed by atoms with Crippen molar-refractivity contribution in [3.8, 4) is 0 Å². The van der Waals surface area contributed by atoms with E-state index < -0.39 is 5.97 Å². The number of hydrogen-bond donors (Lipinski definition) is 1. The first-order valence-corrected chi connectivity index (χ1v) is 7.13. The van der Waals surface area contributed by atoms with Crippen LogP contribution in [0.25, 0.3) is 0 Å². The van der Waals surface area contributed by atoms with E-state index in [1.54, 1.807) is 0 Å². The Bertz CT molecular complexity index is 263. The molecule has 0 radical (unpaired) electrons. The molecule has 4 nitrogen and oxygen atoms in total. The fraction of sp³-hybridized carbons (Fsp3) is 0.929. The molecule has 0 saturated carbocycles. The zero-order chi connectivity index (χ0) is 13.6. The zero-order valence-corrected chi connectivity index (χ0v) is 12.1. The largest absolute Gasteiger partial charge is 0.481 e. The maximum Gasteiger partial charge on any atom is 0.305 e. The summed E-state index contributed by atoms with van der Waals surface area (Å²) < 4.78 is 0. The number of nitrogens with zero attached hydrogens (tertiary/aromatic N) is 2. The van der Waals surface area contributed by atoms with Gasteiger partial charge in [0.1, 0.15) is 0 Å². The molecular formula is C14H28N2O2. The van der Waals surface area contributed by atoms with E-state index in [0.717, 1.165) is 39.0 Å². The van der Waals surface area contributed by atoms with Crippen LogP contribution >= 0.6 is 0 Å². The van der Waals surface area contributed by atoms with Gasteiger partial charge < -0.3 is 10.0 Å².